The van der Waals surface area contributed by atoms with E-state index in [-0.39, 0.29) is 0 Å². The average Bonchev–Trinajstić information content (AvgIpc) is 2.34. The van der Waals surface area contributed by atoms with E-state index in [4.69, 9.17) is 0 Å². The number of piperidine rings is 1. The zero-order valence-electron chi connectivity index (χ0n) is 12.8. The molecule has 1 saturated heterocycles. The lowest BCUT2D eigenvalue weighted by Gasteiger charge is -2.39. The Morgan fingerprint density at radius 1 is 1.00 bits per heavy atom. The van der Waals surface area contributed by atoms with Crippen molar-refractivity contribution in [3.63, 3.8) is 0 Å². The molecule has 18 heavy (non-hydrogen) atoms. The van der Waals surface area contributed by atoms with Crippen LogP contribution in [0.2, 0.25) is 0 Å². The van der Waals surface area contributed by atoms with E-state index in [2.05, 4.69) is 38.0 Å². The van der Waals surface area contributed by atoms with Gasteiger partial charge in [0.25, 0.3) is 0 Å². The summed E-state index contributed by atoms with van der Waals surface area (Å²) in [7, 11) is 2.26. The summed E-state index contributed by atoms with van der Waals surface area (Å²) in [6.07, 6.45) is 8.37. The van der Waals surface area contributed by atoms with E-state index < -0.39 is 0 Å². The van der Waals surface area contributed by atoms with E-state index in [0.717, 1.165) is 30.0 Å². The van der Waals surface area contributed by atoms with Gasteiger partial charge in [-0.3, -0.25) is 0 Å². The molecule has 106 valence electrons. The van der Waals surface area contributed by atoms with Crippen molar-refractivity contribution in [3.05, 3.63) is 0 Å². The second-order valence-electron chi connectivity index (χ2n) is 7.07. The molecule has 0 aromatic heterocycles. The van der Waals surface area contributed by atoms with Crippen LogP contribution in [0.3, 0.4) is 0 Å². The number of hydrogen-bond donors (Lipinski definition) is 1. The van der Waals surface area contributed by atoms with Gasteiger partial charge < -0.3 is 10.2 Å². The molecule has 0 bridgehead atoms. The predicted octanol–water partition coefficient (Wildman–Crippen LogP) is 3.27. The SMILES string of the molecule is CC(C)C1CCC(NC2CCN(C)C(C)C2)CC1. The Morgan fingerprint density at radius 2 is 1.67 bits per heavy atom. The summed E-state index contributed by atoms with van der Waals surface area (Å²) in [5, 5.41) is 3.94. The molecule has 2 rings (SSSR count). The Bertz CT molecular complexity index is 243. The molecule has 1 aliphatic carbocycles. The molecule has 0 aromatic carbocycles. The summed E-state index contributed by atoms with van der Waals surface area (Å²) in [6, 6.07) is 2.33. The van der Waals surface area contributed by atoms with Gasteiger partial charge in [-0.2, -0.15) is 0 Å². The van der Waals surface area contributed by atoms with E-state index in [0.29, 0.717) is 0 Å². The average molecular weight is 252 g/mol. The highest BCUT2D eigenvalue weighted by Crippen LogP contribution is 2.30. The molecule has 1 aliphatic heterocycles. The first kappa shape index (κ1) is 14.3. The highest BCUT2D eigenvalue weighted by Gasteiger charge is 2.27. The van der Waals surface area contributed by atoms with Gasteiger partial charge in [-0.05, 0) is 70.9 Å². The van der Waals surface area contributed by atoms with E-state index in [1.807, 2.05) is 0 Å². The number of hydrogen-bond acceptors (Lipinski definition) is 2. The Labute approximate surface area is 114 Å². The van der Waals surface area contributed by atoms with Crippen LogP contribution >= 0.6 is 0 Å². The summed E-state index contributed by atoms with van der Waals surface area (Å²) in [5.41, 5.74) is 0. The zero-order chi connectivity index (χ0) is 13.1. The zero-order valence-corrected chi connectivity index (χ0v) is 12.8. The van der Waals surface area contributed by atoms with Crippen molar-refractivity contribution in [2.45, 2.75) is 77.4 Å². The minimum absolute atomic E-state index is 0.753. The standard InChI is InChI=1S/C16H32N2/c1-12(2)14-5-7-15(8-6-14)17-16-9-10-18(4)13(3)11-16/h12-17H,5-11H2,1-4H3. The number of rotatable bonds is 3. The van der Waals surface area contributed by atoms with Crippen LogP contribution in [0.1, 0.15) is 59.3 Å². The molecule has 1 saturated carbocycles. The first-order chi connectivity index (χ1) is 8.56. The lowest BCUT2D eigenvalue weighted by atomic mass is 9.79. The largest absolute Gasteiger partial charge is 0.311 e. The Hall–Kier alpha value is -0.0800. The lowest BCUT2D eigenvalue weighted by Crippen LogP contribution is -2.49. The van der Waals surface area contributed by atoms with Gasteiger partial charge >= 0.3 is 0 Å². The number of likely N-dealkylation sites (tertiary alicyclic amines) is 1. The molecular formula is C16H32N2. The van der Waals surface area contributed by atoms with Crippen molar-refractivity contribution < 1.29 is 0 Å². The molecule has 2 unspecified atom stereocenters. The van der Waals surface area contributed by atoms with Crippen LogP contribution in [-0.2, 0) is 0 Å². The van der Waals surface area contributed by atoms with Gasteiger partial charge in [-0.1, -0.05) is 13.8 Å². The summed E-state index contributed by atoms with van der Waals surface area (Å²) >= 11 is 0. The van der Waals surface area contributed by atoms with Crippen molar-refractivity contribution in [1.29, 1.82) is 0 Å². The third-order valence-corrected chi connectivity index (χ3v) is 5.39. The minimum Gasteiger partial charge on any atom is -0.311 e. The summed E-state index contributed by atoms with van der Waals surface area (Å²) in [4.78, 5) is 2.49. The smallest absolute Gasteiger partial charge is 0.00966 e. The van der Waals surface area contributed by atoms with E-state index >= 15 is 0 Å². The summed E-state index contributed by atoms with van der Waals surface area (Å²) < 4.78 is 0. The van der Waals surface area contributed by atoms with Crippen LogP contribution in [0.5, 0.6) is 0 Å². The topological polar surface area (TPSA) is 15.3 Å². The third-order valence-electron chi connectivity index (χ3n) is 5.39. The van der Waals surface area contributed by atoms with E-state index in [1.54, 1.807) is 0 Å². The summed E-state index contributed by atoms with van der Waals surface area (Å²) in [6.45, 7) is 8.40. The molecule has 0 aromatic rings. The van der Waals surface area contributed by atoms with Crippen LogP contribution < -0.4 is 5.32 Å². The second kappa shape index (κ2) is 6.38. The molecule has 0 radical (unpaired) electrons. The monoisotopic (exact) mass is 252 g/mol. The highest BCUT2D eigenvalue weighted by atomic mass is 15.1. The molecular weight excluding hydrogens is 220 g/mol. The fourth-order valence-corrected chi connectivity index (χ4v) is 3.73. The van der Waals surface area contributed by atoms with E-state index in [9.17, 15) is 0 Å². The van der Waals surface area contributed by atoms with Gasteiger partial charge in [0.1, 0.15) is 0 Å². The molecule has 1 heterocycles. The fraction of sp³-hybridized carbons (Fsp3) is 1.00. The molecule has 2 atom stereocenters. The summed E-state index contributed by atoms with van der Waals surface area (Å²) in [5.74, 6) is 1.87. The maximum atomic E-state index is 3.94. The van der Waals surface area contributed by atoms with Gasteiger partial charge in [0.2, 0.25) is 0 Å². The maximum absolute atomic E-state index is 3.94. The number of nitrogens with zero attached hydrogens (tertiary/aromatic N) is 1. The first-order valence-electron chi connectivity index (χ1n) is 8.02. The molecule has 2 fully saturated rings. The molecule has 2 aliphatic rings. The van der Waals surface area contributed by atoms with Crippen molar-refractivity contribution in [2.24, 2.45) is 11.8 Å². The maximum Gasteiger partial charge on any atom is 0.00966 e. The lowest BCUT2D eigenvalue weighted by molar-refractivity contribution is 0.149. The van der Waals surface area contributed by atoms with Gasteiger partial charge in [0.15, 0.2) is 0 Å². The van der Waals surface area contributed by atoms with Crippen molar-refractivity contribution in [1.82, 2.24) is 10.2 Å². The molecule has 1 N–H and O–H groups in total. The van der Waals surface area contributed by atoms with Crippen molar-refractivity contribution in [3.8, 4) is 0 Å². The van der Waals surface area contributed by atoms with Crippen LogP contribution in [0.4, 0.5) is 0 Å². The molecule has 2 nitrogen and oxygen atoms in total. The predicted molar refractivity (Wildman–Crippen MR) is 78.8 cm³/mol. The van der Waals surface area contributed by atoms with Gasteiger partial charge in [0.05, 0.1) is 0 Å². The highest BCUT2D eigenvalue weighted by molar-refractivity contribution is 4.86. The normalized spacial score (nSPS) is 39.2. The van der Waals surface area contributed by atoms with Crippen LogP contribution in [0.25, 0.3) is 0 Å². The van der Waals surface area contributed by atoms with Crippen LogP contribution in [0.15, 0.2) is 0 Å². The quantitative estimate of drug-likeness (QED) is 0.829. The van der Waals surface area contributed by atoms with Gasteiger partial charge in [0, 0.05) is 18.1 Å². The Morgan fingerprint density at radius 3 is 2.22 bits per heavy atom. The Balaban J connectivity index is 1.72. The first-order valence-corrected chi connectivity index (χ1v) is 8.02. The Kier molecular flexibility index (Phi) is 5.08. The number of nitrogens with one attached hydrogen (secondary N) is 1. The fourth-order valence-electron chi connectivity index (χ4n) is 3.73. The third kappa shape index (κ3) is 3.71. The van der Waals surface area contributed by atoms with Crippen molar-refractivity contribution in [2.75, 3.05) is 13.6 Å². The molecule has 0 spiro atoms. The second-order valence-corrected chi connectivity index (χ2v) is 7.07. The van der Waals surface area contributed by atoms with Gasteiger partial charge in [-0.25, -0.2) is 0 Å². The van der Waals surface area contributed by atoms with Crippen LogP contribution in [-0.4, -0.2) is 36.6 Å². The van der Waals surface area contributed by atoms with Gasteiger partial charge in [-0.15, -0.1) is 0 Å². The molecule has 2 heteroatoms. The molecule has 0 amide bonds. The minimum atomic E-state index is 0.753. The van der Waals surface area contributed by atoms with E-state index in [1.165, 1.54) is 45.1 Å². The van der Waals surface area contributed by atoms with Crippen molar-refractivity contribution >= 4 is 0 Å². The van der Waals surface area contributed by atoms with Crippen LogP contribution in [0, 0.1) is 11.8 Å².